The van der Waals surface area contributed by atoms with Gasteiger partial charge in [0.15, 0.2) is 4.77 Å². The van der Waals surface area contributed by atoms with Crippen LogP contribution in [0, 0.1) is 10.7 Å². The summed E-state index contributed by atoms with van der Waals surface area (Å²) in [7, 11) is 0. The second-order valence-electron chi connectivity index (χ2n) is 6.53. The van der Waals surface area contributed by atoms with Crippen LogP contribution in [0.15, 0.2) is 0 Å². The second kappa shape index (κ2) is 11.0. The van der Waals surface area contributed by atoms with Gasteiger partial charge in [0, 0.05) is 13.0 Å². The average Bonchev–Trinajstić information content (AvgIpc) is 2.78. The molecule has 0 saturated heterocycles. The molecule has 0 aliphatic heterocycles. The fraction of sp³-hybridized carbons (Fsp3) is 0.882. The number of H-pyrrole nitrogens is 1. The second-order valence-corrected chi connectivity index (χ2v) is 6.91. The highest BCUT2D eigenvalue weighted by Crippen LogP contribution is 2.12. The molecule has 3 nitrogen and oxygen atoms in total. The number of nitrogens with zero attached hydrogens (tertiary/aromatic N) is 2. The normalized spacial score (nSPS) is 11.4. The summed E-state index contributed by atoms with van der Waals surface area (Å²) in [5.74, 6) is 1.74. The predicted octanol–water partition coefficient (Wildman–Crippen LogP) is 5.67. The maximum absolute atomic E-state index is 5.31. The molecular weight excluding hydrogens is 278 g/mol. The van der Waals surface area contributed by atoms with Crippen LogP contribution in [0.5, 0.6) is 0 Å². The Hall–Kier alpha value is -0.640. The van der Waals surface area contributed by atoms with Gasteiger partial charge in [-0.25, -0.2) is 0 Å². The minimum absolute atomic E-state index is 0.608. The van der Waals surface area contributed by atoms with Gasteiger partial charge in [-0.05, 0) is 24.6 Å². The van der Waals surface area contributed by atoms with E-state index in [0.717, 1.165) is 23.6 Å². The molecule has 1 rings (SSSR count). The van der Waals surface area contributed by atoms with Crippen LogP contribution in [0.25, 0.3) is 0 Å². The Bertz CT molecular complexity index is 420. The zero-order valence-corrected chi connectivity index (χ0v) is 15.0. The molecule has 0 unspecified atom stereocenters. The van der Waals surface area contributed by atoms with Gasteiger partial charge >= 0.3 is 0 Å². The summed E-state index contributed by atoms with van der Waals surface area (Å²) >= 11 is 5.31. The molecule has 21 heavy (non-hydrogen) atoms. The Morgan fingerprint density at radius 1 is 1.00 bits per heavy atom. The summed E-state index contributed by atoms with van der Waals surface area (Å²) in [5, 5.41) is 7.32. The number of unbranched alkanes of at least 4 members (excludes halogenated alkanes) is 8. The van der Waals surface area contributed by atoms with Gasteiger partial charge in [0.1, 0.15) is 5.82 Å². The van der Waals surface area contributed by atoms with Gasteiger partial charge in [0.05, 0.1) is 0 Å². The summed E-state index contributed by atoms with van der Waals surface area (Å²) in [5.41, 5.74) is 0. The highest BCUT2D eigenvalue weighted by atomic mass is 32.1. The lowest BCUT2D eigenvalue weighted by Crippen LogP contribution is -2.09. The van der Waals surface area contributed by atoms with Crippen molar-refractivity contribution in [2.24, 2.45) is 5.92 Å². The zero-order valence-electron chi connectivity index (χ0n) is 14.2. The predicted molar refractivity (Wildman–Crippen MR) is 93.2 cm³/mol. The van der Waals surface area contributed by atoms with Crippen molar-refractivity contribution in [2.75, 3.05) is 0 Å². The summed E-state index contributed by atoms with van der Waals surface area (Å²) in [6, 6.07) is 0. The quantitative estimate of drug-likeness (QED) is 0.398. The van der Waals surface area contributed by atoms with E-state index in [9.17, 15) is 0 Å². The number of hydrogen-bond donors (Lipinski definition) is 1. The smallest absolute Gasteiger partial charge is 0.195 e. The number of hydrogen-bond acceptors (Lipinski definition) is 2. The molecular formula is C17H33N3S. The van der Waals surface area contributed by atoms with E-state index in [1.807, 2.05) is 0 Å². The number of aromatic amines is 1. The highest BCUT2D eigenvalue weighted by Gasteiger charge is 2.07. The minimum Gasteiger partial charge on any atom is -0.304 e. The summed E-state index contributed by atoms with van der Waals surface area (Å²) < 4.78 is 2.94. The molecule has 0 aliphatic rings. The molecule has 1 N–H and O–H groups in total. The number of rotatable bonds is 12. The van der Waals surface area contributed by atoms with Crippen molar-refractivity contribution < 1.29 is 0 Å². The Labute approximate surface area is 135 Å². The molecule has 122 valence electrons. The van der Waals surface area contributed by atoms with Crippen molar-refractivity contribution in [1.82, 2.24) is 14.8 Å². The van der Waals surface area contributed by atoms with Crippen molar-refractivity contribution in [1.29, 1.82) is 0 Å². The molecule has 0 aliphatic carbocycles. The molecule has 1 aromatic rings. The summed E-state index contributed by atoms with van der Waals surface area (Å²) in [6.07, 6.45) is 13.3. The van der Waals surface area contributed by atoms with Crippen LogP contribution in [0.3, 0.4) is 0 Å². The zero-order chi connectivity index (χ0) is 15.5. The van der Waals surface area contributed by atoms with E-state index >= 15 is 0 Å². The van der Waals surface area contributed by atoms with Crippen LogP contribution in [-0.4, -0.2) is 14.8 Å². The van der Waals surface area contributed by atoms with Crippen LogP contribution < -0.4 is 0 Å². The molecule has 1 aromatic heterocycles. The number of aryl methyl sites for hydroxylation is 1. The van der Waals surface area contributed by atoms with E-state index < -0.39 is 0 Å². The lowest BCUT2D eigenvalue weighted by Gasteiger charge is -2.09. The fourth-order valence-corrected chi connectivity index (χ4v) is 2.91. The third kappa shape index (κ3) is 7.79. The molecule has 0 spiro atoms. The third-order valence-electron chi connectivity index (χ3n) is 3.89. The Balaban J connectivity index is 2.14. The molecule has 0 radical (unpaired) electrons. The van der Waals surface area contributed by atoms with Crippen molar-refractivity contribution in [2.45, 2.75) is 91.5 Å². The standard InChI is InChI=1S/C17H33N3S/c1-4-5-6-7-8-9-10-11-12-13-16-18-19-17(21)20(16)14-15(2)3/h15H,4-14H2,1-3H3,(H,19,21). The third-order valence-corrected chi connectivity index (χ3v) is 4.20. The number of aromatic nitrogens is 3. The fourth-order valence-electron chi connectivity index (χ4n) is 2.69. The Morgan fingerprint density at radius 3 is 2.14 bits per heavy atom. The van der Waals surface area contributed by atoms with Crippen molar-refractivity contribution in [3.8, 4) is 0 Å². The van der Waals surface area contributed by atoms with E-state index in [-0.39, 0.29) is 0 Å². The first-order valence-electron chi connectivity index (χ1n) is 8.79. The van der Waals surface area contributed by atoms with Gasteiger partial charge in [0.2, 0.25) is 0 Å². The van der Waals surface area contributed by atoms with Crippen LogP contribution in [0.4, 0.5) is 0 Å². The SMILES string of the molecule is CCCCCCCCCCCc1n[nH]c(=S)n1CC(C)C. The van der Waals surface area contributed by atoms with Gasteiger partial charge in [0.25, 0.3) is 0 Å². The minimum atomic E-state index is 0.608. The summed E-state index contributed by atoms with van der Waals surface area (Å²) in [6.45, 7) is 7.69. The molecule has 0 saturated carbocycles. The first-order chi connectivity index (χ1) is 10.1. The van der Waals surface area contributed by atoms with Crippen LogP contribution in [-0.2, 0) is 13.0 Å². The molecule has 1 heterocycles. The molecule has 0 amide bonds. The highest BCUT2D eigenvalue weighted by molar-refractivity contribution is 7.71. The van der Waals surface area contributed by atoms with Crippen molar-refractivity contribution in [3.05, 3.63) is 10.6 Å². The largest absolute Gasteiger partial charge is 0.304 e. The van der Waals surface area contributed by atoms with E-state index in [2.05, 4.69) is 35.5 Å². The number of nitrogens with one attached hydrogen (secondary N) is 1. The molecule has 4 heteroatoms. The maximum Gasteiger partial charge on any atom is 0.195 e. The van der Waals surface area contributed by atoms with E-state index in [4.69, 9.17) is 12.2 Å². The molecule has 0 fully saturated rings. The monoisotopic (exact) mass is 311 g/mol. The van der Waals surface area contributed by atoms with Gasteiger partial charge in [-0.3, -0.25) is 5.10 Å². The topological polar surface area (TPSA) is 33.6 Å². The van der Waals surface area contributed by atoms with Gasteiger partial charge in [-0.2, -0.15) is 5.10 Å². The molecule has 0 bridgehead atoms. The average molecular weight is 312 g/mol. The summed E-state index contributed by atoms with van der Waals surface area (Å²) in [4.78, 5) is 0. The van der Waals surface area contributed by atoms with Crippen LogP contribution in [0.1, 0.15) is 84.4 Å². The van der Waals surface area contributed by atoms with Gasteiger partial charge in [-0.1, -0.05) is 72.1 Å². The van der Waals surface area contributed by atoms with Crippen LogP contribution >= 0.6 is 12.2 Å². The molecule has 0 aromatic carbocycles. The Morgan fingerprint density at radius 2 is 1.57 bits per heavy atom. The van der Waals surface area contributed by atoms with Crippen molar-refractivity contribution >= 4 is 12.2 Å². The van der Waals surface area contributed by atoms with E-state index in [1.54, 1.807) is 0 Å². The Kier molecular flexibility index (Phi) is 9.64. The van der Waals surface area contributed by atoms with Gasteiger partial charge < -0.3 is 4.57 Å². The lowest BCUT2D eigenvalue weighted by molar-refractivity contribution is 0.495. The van der Waals surface area contributed by atoms with Gasteiger partial charge in [-0.15, -0.1) is 0 Å². The maximum atomic E-state index is 5.31. The lowest BCUT2D eigenvalue weighted by atomic mass is 10.1. The first-order valence-corrected chi connectivity index (χ1v) is 9.20. The molecule has 0 atom stereocenters. The first kappa shape index (κ1) is 18.4. The van der Waals surface area contributed by atoms with Crippen LogP contribution in [0.2, 0.25) is 0 Å². The van der Waals surface area contributed by atoms with E-state index in [1.165, 1.54) is 57.8 Å². The van der Waals surface area contributed by atoms with Crippen molar-refractivity contribution in [3.63, 3.8) is 0 Å². The van der Waals surface area contributed by atoms with E-state index in [0.29, 0.717) is 5.92 Å².